The van der Waals surface area contributed by atoms with E-state index in [0.29, 0.717) is 5.88 Å². The number of terminal acetylenes is 1. The fourth-order valence-corrected chi connectivity index (χ4v) is 3.78. The molecule has 0 saturated carbocycles. The van der Waals surface area contributed by atoms with Gasteiger partial charge in [-0.3, -0.25) is 4.99 Å². The van der Waals surface area contributed by atoms with Crippen LogP contribution in [0, 0.1) is 18.3 Å². The summed E-state index contributed by atoms with van der Waals surface area (Å²) in [6.07, 6.45) is 9.33. The molecule has 4 nitrogen and oxygen atoms in total. The summed E-state index contributed by atoms with van der Waals surface area (Å²) in [6, 6.07) is 3.65. The van der Waals surface area contributed by atoms with Crippen molar-refractivity contribution in [1.29, 1.82) is 0 Å². The molecule has 0 N–H and O–H groups in total. The van der Waals surface area contributed by atoms with Crippen LogP contribution in [0.3, 0.4) is 0 Å². The summed E-state index contributed by atoms with van der Waals surface area (Å²) in [5.74, 6) is 3.74. The zero-order chi connectivity index (χ0) is 18.0. The van der Waals surface area contributed by atoms with Gasteiger partial charge in [0.2, 0.25) is 5.88 Å². The average Bonchev–Trinajstić information content (AvgIpc) is 2.49. The lowest BCUT2D eigenvalue weighted by molar-refractivity contribution is -0.173. The van der Waals surface area contributed by atoms with Gasteiger partial charge in [0.05, 0.1) is 23.9 Å². The third-order valence-corrected chi connectivity index (χ3v) is 4.36. The van der Waals surface area contributed by atoms with Gasteiger partial charge in [-0.25, -0.2) is 4.98 Å². The van der Waals surface area contributed by atoms with Gasteiger partial charge in [0, 0.05) is 11.9 Å². The Bertz CT molecular complexity index is 640. The summed E-state index contributed by atoms with van der Waals surface area (Å²) in [7, 11) is 1.61. The van der Waals surface area contributed by atoms with Crippen molar-refractivity contribution in [2.45, 2.75) is 64.7 Å². The van der Waals surface area contributed by atoms with Crippen molar-refractivity contribution in [2.75, 3.05) is 7.11 Å². The molecule has 24 heavy (non-hydrogen) atoms. The molecule has 1 saturated heterocycles. The number of rotatable bonds is 4. The third-order valence-electron chi connectivity index (χ3n) is 4.36. The maximum Gasteiger partial charge on any atom is 0.222 e. The molecule has 0 bridgehead atoms. The second-order valence-corrected chi connectivity index (χ2v) is 7.68. The maximum absolute atomic E-state index is 6.17. The smallest absolute Gasteiger partial charge is 0.222 e. The second-order valence-electron chi connectivity index (χ2n) is 7.68. The highest BCUT2D eigenvalue weighted by atomic mass is 16.5. The van der Waals surface area contributed by atoms with Gasteiger partial charge in [-0.05, 0) is 65.5 Å². The molecule has 1 fully saturated rings. The minimum absolute atomic E-state index is 0.183. The third kappa shape index (κ3) is 4.36. The van der Waals surface area contributed by atoms with Crippen molar-refractivity contribution in [3.63, 3.8) is 0 Å². The van der Waals surface area contributed by atoms with Crippen molar-refractivity contribution < 1.29 is 9.47 Å². The molecule has 4 heteroatoms. The van der Waals surface area contributed by atoms with Crippen LogP contribution in [0.1, 0.15) is 53.0 Å². The molecule has 1 aromatic rings. The van der Waals surface area contributed by atoms with Crippen LogP contribution >= 0.6 is 0 Å². The lowest BCUT2D eigenvalue weighted by Crippen LogP contribution is -2.47. The van der Waals surface area contributed by atoms with Crippen LogP contribution in [-0.2, 0) is 4.74 Å². The first-order valence-electron chi connectivity index (χ1n) is 8.37. The van der Waals surface area contributed by atoms with E-state index in [9.17, 15) is 0 Å². The summed E-state index contributed by atoms with van der Waals surface area (Å²) < 4.78 is 11.5. The van der Waals surface area contributed by atoms with Crippen LogP contribution in [0.5, 0.6) is 5.88 Å². The lowest BCUT2D eigenvalue weighted by Gasteiger charge is -2.46. The maximum atomic E-state index is 6.17. The van der Waals surface area contributed by atoms with Crippen molar-refractivity contribution in [3.05, 3.63) is 23.9 Å². The Kier molecular flexibility index (Phi) is 5.35. The first kappa shape index (κ1) is 18.5. The summed E-state index contributed by atoms with van der Waals surface area (Å²) in [4.78, 5) is 9.07. The van der Waals surface area contributed by atoms with E-state index in [4.69, 9.17) is 20.9 Å². The van der Waals surface area contributed by atoms with Gasteiger partial charge in [0.25, 0.3) is 0 Å². The van der Waals surface area contributed by atoms with E-state index in [2.05, 4.69) is 38.6 Å². The summed E-state index contributed by atoms with van der Waals surface area (Å²) in [5, 5.41) is 0. The topological polar surface area (TPSA) is 43.7 Å². The first-order chi connectivity index (χ1) is 11.2. The standard InChI is InChI=1S/C20H28N2O2/c1-8-17(15-12-19(3,4)24-20(5,6)13-15)22-14(2)16-10-9-11-21-18(16)23-7/h1,9-11,15,17H,12-13H2,2-7H3. The molecule has 130 valence electrons. The van der Waals surface area contributed by atoms with Crippen molar-refractivity contribution in [2.24, 2.45) is 10.9 Å². The van der Waals surface area contributed by atoms with Crippen LogP contribution in [-0.4, -0.2) is 35.0 Å². The molecule has 0 amide bonds. The second kappa shape index (κ2) is 6.94. The molecule has 1 aromatic heterocycles. The molecule has 2 heterocycles. The number of aromatic nitrogens is 1. The monoisotopic (exact) mass is 328 g/mol. The zero-order valence-corrected chi connectivity index (χ0v) is 15.6. The minimum atomic E-state index is -0.197. The first-order valence-corrected chi connectivity index (χ1v) is 8.37. The Hall–Kier alpha value is -1.86. The van der Waals surface area contributed by atoms with Crippen LogP contribution < -0.4 is 4.74 Å². The molecule has 1 atom stereocenters. The van der Waals surface area contributed by atoms with Crippen LogP contribution in [0.15, 0.2) is 23.3 Å². The molecule has 1 aliphatic heterocycles. The van der Waals surface area contributed by atoms with Gasteiger partial charge < -0.3 is 9.47 Å². The molecular formula is C20H28N2O2. The number of hydrogen-bond donors (Lipinski definition) is 0. The highest BCUT2D eigenvalue weighted by molar-refractivity contribution is 6.00. The van der Waals surface area contributed by atoms with Crippen LogP contribution in [0.4, 0.5) is 0 Å². The normalized spacial score (nSPS) is 21.8. The van der Waals surface area contributed by atoms with Gasteiger partial charge in [0.15, 0.2) is 0 Å². The van der Waals surface area contributed by atoms with Crippen LogP contribution in [0.25, 0.3) is 0 Å². The zero-order valence-electron chi connectivity index (χ0n) is 15.6. The Balaban J connectivity index is 2.30. The molecule has 0 aliphatic carbocycles. The Labute approximate surface area is 145 Å². The van der Waals surface area contributed by atoms with E-state index < -0.39 is 0 Å². The predicted molar refractivity (Wildman–Crippen MR) is 97.6 cm³/mol. The fourth-order valence-electron chi connectivity index (χ4n) is 3.78. The molecule has 0 radical (unpaired) electrons. The van der Waals surface area contributed by atoms with E-state index in [-0.39, 0.29) is 23.2 Å². The fraction of sp³-hybridized carbons (Fsp3) is 0.600. The molecule has 2 rings (SSSR count). The number of pyridine rings is 1. The van der Waals surface area contributed by atoms with E-state index in [1.807, 2.05) is 19.1 Å². The predicted octanol–water partition coefficient (Wildman–Crippen LogP) is 3.88. The number of aliphatic imine (C=N–C) groups is 1. The van der Waals surface area contributed by atoms with E-state index in [1.54, 1.807) is 13.3 Å². The van der Waals surface area contributed by atoms with Gasteiger partial charge in [0.1, 0.15) is 6.04 Å². The van der Waals surface area contributed by atoms with Crippen molar-refractivity contribution in [1.82, 2.24) is 4.98 Å². The van der Waals surface area contributed by atoms with Gasteiger partial charge in [-0.15, -0.1) is 6.42 Å². The molecule has 1 unspecified atom stereocenters. The molecule has 1 aliphatic rings. The van der Waals surface area contributed by atoms with E-state index in [0.717, 1.165) is 24.1 Å². The molecule has 0 spiro atoms. The van der Waals surface area contributed by atoms with Crippen molar-refractivity contribution >= 4 is 5.71 Å². The number of methoxy groups -OCH3 is 1. The Morgan fingerprint density at radius 3 is 2.54 bits per heavy atom. The SMILES string of the molecule is C#CC(N=C(C)c1cccnc1OC)C1CC(C)(C)OC(C)(C)C1. The summed E-state index contributed by atoms with van der Waals surface area (Å²) in [6.45, 7) is 10.4. The highest BCUT2D eigenvalue weighted by Crippen LogP contribution is 2.40. The average molecular weight is 328 g/mol. The minimum Gasteiger partial charge on any atom is -0.481 e. The molecular weight excluding hydrogens is 300 g/mol. The quantitative estimate of drug-likeness (QED) is 0.622. The number of nitrogens with zero attached hydrogens (tertiary/aromatic N) is 2. The largest absolute Gasteiger partial charge is 0.481 e. The lowest BCUT2D eigenvalue weighted by atomic mass is 9.77. The highest BCUT2D eigenvalue weighted by Gasteiger charge is 2.41. The summed E-state index contributed by atoms with van der Waals surface area (Å²) >= 11 is 0. The van der Waals surface area contributed by atoms with E-state index in [1.165, 1.54) is 0 Å². The number of hydrogen-bond acceptors (Lipinski definition) is 4. The molecule has 0 aromatic carbocycles. The number of ether oxygens (including phenoxy) is 2. The Morgan fingerprint density at radius 2 is 2.00 bits per heavy atom. The summed E-state index contributed by atoms with van der Waals surface area (Å²) in [5.41, 5.74) is 1.34. The van der Waals surface area contributed by atoms with Crippen molar-refractivity contribution in [3.8, 4) is 18.2 Å². The Morgan fingerprint density at radius 1 is 1.38 bits per heavy atom. The van der Waals surface area contributed by atoms with Gasteiger partial charge >= 0.3 is 0 Å². The van der Waals surface area contributed by atoms with Gasteiger partial charge in [-0.2, -0.15) is 0 Å². The van der Waals surface area contributed by atoms with E-state index >= 15 is 0 Å². The van der Waals surface area contributed by atoms with Gasteiger partial charge in [-0.1, -0.05) is 5.92 Å². The van der Waals surface area contributed by atoms with Crippen LogP contribution in [0.2, 0.25) is 0 Å².